The minimum Gasteiger partial charge on any atom is -0.407 e. The second kappa shape index (κ2) is 8.23. The first kappa shape index (κ1) is 26.1. The molecular weight excluding hydrogens is 491 g/mol. The molecule has 0 aromatic heterocycles. The molecule has 198 valence electrons. The summed E-state index contributed by atoms with van der Waals surface area (Å²) in [5, 5.41) is -0.785. The zero-order valence-corrected chi connectivity index (χ0v) is 22.7. The predicted octanol–water partition coefficient (Wildman–Crippen LogP) is 7.10. The largest absolute Gasteiger partial charge is 0.407 e. The van der Waals surface area contributed by atoms with Crippen molar-refractivity contribution in [2.75, 3.05) is 0 Å². The Morgan fingerprint density at radius 2 is 1.39 bits per heavy atom. The van der Waals surface area contributed by atoms with Crippen LogP contribution in [0.1, 0.15) is 72.1 Å². The van der Waals surface area contributed by atoms with Crippen LogP contribution in [0.15, 0.2) is 11.6 Å². The van der Waals surface area contributed by atoms with Crippen LogP contribution in [0.5, 0.6) is 0 Å². The van der Waals surface area contributed by atoms with Crippen LogP contribution >= 0.6 is 0 Å². The van der Waals surface area contributed by atoms with E-state index in [1.54, 1.807) is 0 Å². The van der Waals surface area contributed by atoms with Gasteiger partial charge in [0.1, 0.15) is 0 Å². The molecule has 8 heteroatoms. The maximum atomic E-state index is 14.8. The third-order valence-electron chi connectivity index (χ3n) is 10.8. The Balaban J connectivity index is 1.47. The number of hydrogen-bond donors (Lipinski definition) is 0. The molecule has 0 heterocycles. The van der Waals surface area contributed by atoms with Gasteiger partial charge in [0.05, 0.1) is 5.60 Å². The molecule has 6 atom stereocenters. The molecule has 3 saturated carbocycles. The van der Waals surface area contributed by atoms with Crippen molar-refractivity contribution in [3.8, 4) is 0 Å². The van der Waals surface area contributed by atoms with E-state index >= 15 is 0 Å². The second-order valence-corrected chi connectivity index (χ2v) is 16.5. The van der Waals surface area contributed by atoms with E-state index in [1.807, 2.05) is 13.0 Å². The van der Waals surface area contributed by atoms with Crippen LogP contribution in [-0.4, -0.2) is 19.7 Å². The van der Waals surface area contributed by atoms with Crippen LogP contribution in [0.4, 0.5) is 22.0 Å². The van der Waals surface area contributed by atoms with Crippen molar-refractivity contribution in [2.24, 2.45) is 28.6 Å². The maximum absolute atomic E-state index is 14.8. The molecule has 3 fully saturated rings. The highest BCUT2D eigenvalue weighted by molar-refractivity contribution is 6.84. The first-order chi connectivity index (χ1) is 16.7. The average Bonchev–Trinajstić information content (AvgIpc) is 3.06. The van der Waals surface area contributed by atoms with Gasteiger partial charge in [-0.05, 0) is 99.6 Å². The fourth-order valence-electron chi connectivity index (χ4n) is 8.70. The van der Waals surface area contributed by atoms with Gasteiger partial charge in [-0.1, -0.05) is 19.4 Å². The fourth-order valence-corrected chi connectivity index (χ4v) is 11.5. The van der Waals surface area contributed by atoms with Crippen molar-refractivity contribution in [1.82, 2.24) is 0 Å². The quantitative estimate of drug-likeness (QED) is 0.182. The zero-order valence-electron chi connectivity index (χ0n) is 21.7. The van der Waals surface area contributed by atoms with Crippen LogP contribution in [0.3, 0.4) is 0 Å². The molecule has 0 bridgehead atoms. The summed E-state index contributed by atoms with van der Waals surface area (Å²) >= 11 is 0. The van der Waals surface area contributed by atoms with Gasteiger partial charge in [0.2, 0.25) is 14.1 Å². The lowest BCUT2D eigenvalue weighted by Crippen LogP contribution is -2.60. The molecule has 0 N–H and O–H groups in total. The standard InChI is InChI=1S/C28H35F5O2Si/c1-26-11-8-16(34)14-15(26)6-7-17-18(26)9-12-27(2)19(17)10-13-28(27,3)35-36(4,5)25-23(32)21(30)20(29)22(31)24(25)33/h14,17-19H,6-13H2,1-5H3/t17-,18+,19+,26+,27+,28+/m1/s1. The number of ketones is 1. The summed E-state index contributed by atoms with van der Waals surface area (Å²) in [6, 6.07) is 0. The first-order valence-electron chi connectivity index (χ1n) is 13.1. The minimum absolute atomic E-state index is 0.0292. The molecule has 0 spiro atoms. The van der Waals surface area contributed by atoms with Gasteiger partial charge < -0.3 is 4.43 Å². The van der Waals surface area contributed by atoms with Gasteiger partial charge in [0.25, 0.3) is 0 Å². The van der Waals surface area contributed by atoms with Gasteiger partial charge in [-0.3, -0.25) is 4.79 Å². The van der Waals surface area contributed by atoms with Crippen molar-refractivity contribution in [3.05, 3.63) is 40.7 Å². The number of rotatable bonds is 3. The minimum atomic E-state index is -3.55. The van der Waals surface area contributed by atoms with Crippen molar-refractivity contribution in [3.63, 3.8) is 0 Å². The lowest BCUT2D eigenvalue weighted by atomic mass is 9.46. The number of carbonyl (C=O) groups excluding carboxylic acids is 1. The molecular formula is C28H35F5O2Si. The Labute approximate surface area is 210 Å². The molecule has 0 amide bonds. The van der Waals surface area contributed by atoms with E-state index in [9.17, 15) is 26.7 Å². The van der Waals surface area contributed by atoms with Gasteiger partial charge in [-0.25, -0.2) is 22.0 Å². The number of benzene rings is 1. The monoisotopic (exact) mass is 526 g/mol. The maximum Gasteiger partial charge on any atom is 0.225 e. The Hall–Kier alpha value is -1.54. The normalized spacial score (nSPS) is 38.3. The highest BCUT2D eigenvalue weighted by Gasteiger charge is 2.64. The lowest BCUT2D eigenvalue weighted by Gasteiger charge is -2.60. The summed E-state index contributed by atoms with van der Waals surface area (Å²) in [4.78, 5) is 12.1. The molecule has 2 nitrogen and oxygen atoms in total. The summed E-state index contributed by atoms with van der Waals surface area (Å²) in [7, 11) is -3.55. The second-order valence-electron chi connectivity index (χ2n) is 12.8. The number of hydrogen-bond acceptors (Lipinski definition) is 2. The highest BCUT2D eigenvalue weighted by Crippen LogP contribution is 2.68. The van der Waals surface area contributed by atoms with Crippen molar-refractivity contribution < 1.29 is 31.2 Å². The molecule has 0 aliphatic heterocycles. The van der Waals surface area contributed by atoms with Gasteiger partial charge in [0, 0.05) is 11.6 Å². The first-order valence-corrected chi connectivity index (χ1v) is 16.0. The van der Waals surface area contributed by atoms with E-state index in [1.165, 1.54) is 18.7 Å². The van der Waals surface area contributed by atoms with Crippen molar-refractivity contribution >= 4 is 19.3 Å². The van der Waals surface area contributed by atoms with Gasteiger partial charge in [0.15, 0.2) is 29.1 Å². The Bertz CT molecular complexity index is 1140. The summed E-state index contributed by atoms with van der Waals surface area (Å²) in [5.41, 5.74) is 0.310. The van der Waals surface area contributed by atoms with Crippen molar-refractivity contribution in [2.45, 2.75) is 90.8 Å². The van der Waals surface area contributed by atoms with Gasteiger partial charge in [-0.15, -0.1) is 0 Å². The van der Waals surface area contributed by atoms with Crippen LogP contribution in [0.25, 0.3) is 0 Å². The Morgan fingerprint density at radius 1 is 0.806 bits per heavy atom. The third kappa shape index (κ3) is 3.45. The van der Waals surface area contributed by atoms with Crippen LogP contribution < -0.4 is 5.19 Å². The smallest absolute Gasteiger partial charge is 0.225 e. The average molecular weight is 527 g/mol. The van der Waals surface area contributed by atoms with E-state index in [0.717, 1.165) is 38.5 Å². The zero-order chi connectivity index (χ0) is 26.4. The number of allylic oxidation sites excluding steroid dienone is 1. The fraction of sp³-hybridized carbons (Fsp3) is 0.679. The Kier molecular flexibility index (Phi) is 5.96. The molecule has 4 aliphatic carbocycles. The van der Waals surface area contributed by atoms with Gasteiger partial charge in [-0.2, -0.15) is 0 Å². The highest BCUT2D eigenvalue weighted by atomic mass is 28.4. The van der Waals surface area contributed by atoms with E-state index < -0.39 is 48.2 Å². The lowest BCUT2D eigenvalue weighted by molar-refractivity contribution is -0.120. The molecule has 0 saturated heterocycles. The summed E-state index contributed by atoms with van der Waals surface area (Å²) in [6.07, 6.45) is 8.71. The van der Waals surface area contributed by atoms with E-state index in [2.05, 4.69) is 13.8 Å². The third-order valence-corrected chi connectivity index (χ3v) is 13.4. The topological polar surface area (TPSA) is 26.3 Å². The molecule has 5 rings (SSSR count). The van der Waals surface area contributed by atoms with Crippen LogP contribution in [-0.2, 0) is 9.22 Å². The Morgan fingerprint density at radius 3 is 2.03 bits per heavy atom. The van der Waals surface area contributed by atoms with Crippen LogP contribution in [0, 0.1) is 57.7 Å². The van der Waals surface area contributed by atoms with E-state index in [0.29, 0.717) is 30.6 Å². The number of carbonyl (C=O) groups is 1. The summed E-state index contributed by atoms with van der Waals surface area (Å²) in [5.74, 6) is -8.02. The van der Waals surface area contributed by atoms with Crippen molar-refractivity contribution in [1.29, 1.82) is 0 Å². The van der Waals surface area contributed by atoms with Gasteiger partial charge >= 0.3 is 0 Å². The number of halogens is 5. The van der Waals surface area contributed by atoms with Crippen LogP contribution in [0.2, 0.25) is 13.1 Å². The molecule has 1 aromatic rings. The molecule has 1 aromatic carbocycles. The molecule has 0 radical (unpaired) electrons. The SMILES string of the molecule is C[C@]12CCC(=O)C=C1CC[C@@H]1[C@@H]2CC[C@@]2(C)[C@H]1CC[C@]2(C)O[Si](C)(C)c1c(F)c(F)c(F)c(F)c1F. The predicted molar refractivity (Wildman–Crippen MR) is 130 cm³/mol. The number of fused-ring (bicyclic) bond motifs is 5. The summed E-state index contributed by atoms with van der Waals surface area (Å²) in [6.45, 7) is 9.53. The molecule has 0 unspecified atom stereocenters. The van der Waals surface area contributed by atoms with E-state index in [4.69, 9.17) is 4.43 Å². The summed E-state index contributed by atoms with van der Waals surface area (Å²) < 4.78 is 78.0. The molecule has 4 aliphatic rings. The van der Waals surface area contributed by atoms with E-state index in [-0.39, 0.29) is 16.6 Å². The molecule has 36 heavy (non-hydrogen) atoms.